The zero-order chi connectivity index (χ0) is 13.8. The van der Waals surface area contributed by atoms with Crippen LogP contribution in [-0.4, -0.2) is 26.8 Å². The molecule has 2 fully saturated rings. The van der Waals surface area contributed by atoms with E-state index in [0.29, 0.717) is 13.1 Å². The lowest BCUT2D eigenvalue weighted by molar-refractivity contribution is 0.201. The molecule has 0 aliphatic heterocycles. The standard InChI is InChI=1S/C14H28N2O2S/c15-11-14(9-5-2-6-10-14)12-16-19(17,18)13-7-3-1-4-8-13/h13,16H,1-12,15H2. The van der Waals surface area contributed by atoms with E-state index in [4.69, 9.17) is 5.73 Å². The molecule has 0 atom stereocenters. The molecule has 0 aromatic heterocycles. The number of sulfonamides is 1. The first kappa shape index (κ1) is 15.3. The minimum Gasteiger partial charge on any atom is -0.330 e. The minimum absolute atomic E-state index is 0.0139. The Kier molecular flexibility index (Phi) is 5.26. The molecule has 0 spiro atoms. The summed E-state index contributed by atoms with van der Waals surface area (Å²) in [5, 5.41) is -0.167. The first-order valence-electron chi connectivity index (χ1n) is 7.77. The van der Waals surface area contributed by atoms with Crippen molar-refractivity contribution in [1.82, 2.24) is 4.72 Å². The van der Waals surface area contributed by atoms with E-state index < -0.39 is 10.0 Å². The van der Waals surface area contributed by atoms with Gasteiger partial charge >= 0.3 is 0 Å². The SMILES string of the molecule is NCC1(CNS(=O)(=O)C2CCCCC2)CCCCC1. The van der Waals surface area contributed by atoms with E-state index in [2.05, 4.69) is 4.72 Å². The molecule has 0 radical (unpaired) electrons. The van der Waals surface area contributed by atoms with Crippen LogP contribution < -0.4 is 10.5 Å². The summed E-state index contributed by atoms with van der Waals surface area (Å²) in [6.45, 7) is 1.14. The second-order valence-corrected chi connectivity index (χ2v) is 8.44. The molecule has 3 N–H and O–H groups in total. The molecule has 19 heavy (non-hydrogen) atoms. The maximum atomic E-state index is 12.3. The fourth-order valence-corrected chi connectivity index (χ4v) is 5.20. The predicted molar refractivity (Wildman–Crippen MR) is 78.4 cm³/mol. The number of hydrogen-bond donors (Lipinski definition) is 2. The molecule has 0 amide bonds. The first-order valence-corrected chi connectivity index (χ1v) is 9.31. The van der Waals surface area contributed by atoms with Gasteiger partial charge in [0.2, 0.25) is 10.0 Å². The summed E-state index contributed by atoms with van der Waals surface area (Å²) in [4.78, 5) is 0. The van der Waals surface area contributed by atoms with Gasteiger partial charge in [0.05, 0.1) is 5.25 Å². The Bertz CT molecular complexity index is 369. The third-order valence-electron chi connectivity index (χ3n) is 4.99. The van der Waals surface area contributed by atoms with Gasteiger partial charge in [-0.25, -0.2) is 13.1 Å². The van der Waals surface area contributed by atoms with E-state index >= 15 is 0 Å². The maximum Gasteiger partial charge on any atom is 0.214 e. The smallest absolute Gasteiger partial charge is 0.214 e. The second kappa shape index (κ2) is 6.55. The predicted octanol–water partition coefficient (Wildman–Crippen LogP) is 2.15. The number of hydrogen-bond acceptors (Lipinski definition) is 3. The zero-order valence-corrected chi connectivity index (χ0v) is 12.7. The van der Waals surface area contributed by atoms with E-state index in [1.54, 1.807) is 0 Å². The monoisotopic (exact) mass is 288 g/mol. The van der Waals surface area contributed by atoms with Crippen molar-refractivity contribution in [3.05, 3.63) is 0 Å². The first-order chi connectivity index (χ1) is 9.08. The van der Waals surface area contributed by atoms with Gasteiger partial charge in [0, 0.05) is 6.54 Å². The Morgan fingerprint density at radius 2 is 1.58 bits per heavy atom. The Morgan fingerprint density at radius 3 is 2.16 bits per heavy atom. The molecule has 0 aromatic carbocycles. The van der Waals surface area contributed by atoms with Crippen molar-refractivity contribution in [2.24, 2.45) is 11.1 Å². The Labute approximate surface area is 117 Å². The van der Waals surface area contributed by atoms with E-state index in [0.717, 1.165) is 38.5 Å². The van der Waals surface area contributed by atoms with Gasteiger partial charge in [-0.2, -0.15) is 0 Å². The van der Waals surface area contributed by atoms with Crippen LogP contribution in [0.2, 0.25) is 0 Å². The molecule has 112 valence electrons. The van der Waals surface area contributed by atoms with Crippen molar-refractivity contribution in [2.45, 2.75) is 69.5 Å². The quantitative estimate of drug-likeness (QED) is 0.814. The summed E-state index contributed by atoms with van der Waals surface area (Å²) in [5.74, 6) is 0. The molecule has 4 nitrogen and oxygen atoms in total. The topological polar surface area (TPSA) is 72.2 Å². The molecular formula is C14H28N2O2S. The van der Waals surface area contributed by atoms with Crippen LogP contribution in [0.15, 0.2) is 0 Å². The van der Waals surface area contributed by atoms with Gasteiger partial charge in [0.25, 0.3) is 0 Å². The van der Waals surface area contributed by atoms with Crippen LogP contribution in [0.25, 0.3) is 0 Å². The minimum atomic E-state index is -3.14. The van der Waals surface area contributed by atoms with Gasteiger partial charge in [-0.3, -0.25) is 0 Å². The molecule has 0 unspecified atom stereocenters. The van der Waals surface area contributed by atoms with E-state index in [9.17, 15) is 8.42 Å². The van der Waals surface area contributed by atoms with Crippen LogP contribution >= 0.6 is 0 Å². The number of rotatable bonds is 5. The number of nitrogens with two attached hydrogens (primary N) is 1. The molecule has 0 heterocycles. The Hall–Kier alpha value is -0.130. The Balaban J connectivity index is 1.92. The van der Waals surface area contributed by atoms with Crippen molar-refractivity contribution in [3.8, 4) is 0 Å². The lowest BCUT2D eigenvalue weighted by atomic mass is 9.74. The third kappa shape index (κ3) is 3.92. The van der Waals surface area contributed by atoms with E-state index in [1.165, 1.54) is 25.7 Å². The van der Waals surface area contributed by atoms with Crippen molar-refractivity contribution >= 4 is 10.0 Å². The largest absolute Gasteiger partial charge is 0.330 e. The average Bonchev–Trinajstić information content (AvgIpc) is 2.47. The molecule has 2 saturated carbocycles. The third-order valence-corrected chi connectivity index (χ3v) is 6.88. The van der Waals surface area contributed by atoms with Crippen LogP contribution in [0.4, 0.5) is 0 Å². The summed E-state index contributed by atoms with van der Waals surface area (Å²) in [6, 6.07) is 0. The van der Waals surface area contributed by atoms with Gasteiger partial charge in [0.15, 0.2) is 0 Å². The van der Waals surface area contributed by atoms with E-state index in [1.807, 2.05) is 0 Å². The van der Waals surface area contributed by atoms with Gasteiger partial charge in [-0.15, -0.1) is 0 Å². The van der Waals surface area contributed by atoms with Crippen molar-refractivity contribution < 1.29 is 8.42 Å². The molecule has 0 bridgehead atoms. The highest BCUT2D eigenvalue weighted by Gasteiger charge is 2.34. The molecule has 0 saturated heterocycles. The van der Waals surface area contributed by atoms with Crippen LogP contribution in [0.5, 0.6) is 0 Å². The maximum absolute atomic E-state index is 12.3. The van der Waals surface area contributed by atoms with Crippen LogP contribution in [-0.2, 0) is 10.0 Å². The molecule has 2 aliphatic rings. The van der Waals surface area contributed by atoms with Gasteiger partial charge in [0.1, 0.15) is 0 Å². The summed E-state index contributed by atoms with van der Waals surface area (Å²) < 4.78 is 27.6. The summed E-state index contributed by atoms with van der Waals surface area (Å²) >= 11 is 0. The normalized spacial score (nSPS) is 25.3. The van der Waals surface area contributed by atoms with Gasteiger partial charge in [-0.1, -0.05) is 38.5 Å². The highest BCUT2D eigenvalue weighted by atomic mass is 32.2. The van der Waals surface area contributed by atoms with Gasteiger partial charge < -0.3 is 5.73 Å². The number of nitrogens with one attached hydrogen (secondary N) is 1. The summed E-state index contributed by atoms with van der Waals surface area (Å²) in [6.07, 6.45) is 10.7. The van der Waals surface area contributed by atoms with Crippen LogP contribution in [0, 0.1) is 5.41 Å². The summed E-state index contributed by atoms with van der Waals surface area (Å²) in [7, 11) is -3.14. The Morgan fingerprint density at radius 1 is 1.00 bits per heavy atom. The van der Waals surface area contributed by atoms with Crippen molar-refractivity contribution in [2.75, 3.05) is 13.1 Å². The zero-order valence-electron chi connectivity index (χ0n) is 11.9. The molecule has 2 aliphatic carbocycles. The van der Waals surface area contributed by atoms with Gasteiger partial charge in [-0.05, 0) is 37.6 Å². The highest BCUT2D eigenvalue weighted by Crippen LogP contribution is 2.35. The fraction of sp³-hybridized carbons (Fsp3) is 1.00. The van der Waals surface area contributed by atoms with Crippen LogP contribution in [0.3, 0.4) is 0 Å². The fourth-order valence-electron chi connectivity index (χ4n) is 3.50. The lowest BCUT2D eigenvalue weighted by Crippen LogP contribution is -2.46. The second-order valence-electron chi connectivity index (χ2n) is 6.39. The van der Waals surface area contributed by atoms with Crippen LogP contribution in [0.1, 0.15) is 64.2 Å². The molecule has 5 heteroatoms. The molecular weight excluding hydrogens is 260 g/mol. The van der Waals surface area contributed by atoms with Crippen molar-refractivity contribution in [1.29, 1.82) is 0 Å². The summed E-state index contributed by atoms with van der Waals surface area (Å²) in [5.41, 5.74) is 5.93. The average molecular weight is 288 g/mol. The molecule has 2 rings (SSSR count). The van der Waals surface area contributed by atoms with E-state index in [-0.39, 0.29) is 10.7 Å². The molecule has 0 aromatic rings. The highest BCUT2D eigenvalue weighted by molar-refractivity contribution is 7.90. The van der Waals surface area contributed by atoms with Crippen molar-refractivity contribution in [3.63, 3.8) is 0 Å². The lowest BCUT2D eigenvalue weighted by Gasteiger charge is -2.36.